The fourth-order valence-corrected chi connectivity index (χ4v) is 2.57. The Labute approximate surface area is 131 Å². The van der Waals surface area contributed by atoms with Gasteiger partial charge in [-0.15, -0.1) is 0 Å². The van der Waals surface area contributed by atoms with Gasteiger partial charge in [-0.3, -0.25) is 9.59 Å². The van der Waals surface area contributed by atoms with Gasteiger partial charge in [0.2, 0.25) is 0 Å². The van der Waals surface area contributed by atoms with Crippen molar-refractivity contribution in [1.29, 1.82) is 0 Å². The molecule has 22 heavy (non-hydrogen) atoms. The van der Waals surface area contributed by atoms with Crippen LogP contribution in [0.25, 0.3) is 10.9 Å². The van der Waals surface area contributed by atoms with Crippen LogP contribution in [0.3, 0.4) is 0 Å². The fourth-order valence-electron chi connectivity index (χ4n) is 2.10. The molecule has 116 valence electrons. The standard InChI is InChI=1S/C15H16N2O4S/c1-22-7-6-12(15(20)21)17-14(19)13(18)10-8-16-11-5-3-2-4-9(10)11/h2-5,8,12,16H,6-7H2,1H3,(H,17,19)(H,20,21)/t12-/m0/s1. The van der Waals surface area contributed by atoms with Crippen molar-refractivity contribution < 1.29 is 19.5 Å². The number of H-pyrrole nitrogens is 1. The van der Waals surface area contributed by atoms with Crippen LogP contribution >= 0.6 is 11.8 Å². The Morgan fingerprint density at radius 3 is 2.73 bits per heavy atom. The maximum absolute atomic E-state index is 12.2. The highest BCUT2D eigenvalue weighted by Gasteiger charge is 2.25. The number of benzene rings is 1. The summed E-state index contributed by atoms with van der Waals surface area (Å²) in [6.45, 7) is 0. The molecule has 0 radical (unpaired) electrons. The van der Waals surface area contributed by atoms with Gasteiger partial charge < -0.3 is 15.4 Å². The number of aromatic nitrogens is 1. The third-order valence-corrected chi connectivity index (χ3v) is 3.90. The number of ketones is 1. The van der Waals surface area contributed by atoms with Gasteiger partial charge in [0, 0.05) is 17.1 Å². The van der Waals surface area contributed by atoms with Crippen LogP contribution in [0.2, 0.25) is 0 Å². The van der Waals surface area contributed by atoms with E-state index >= 15 is 0 Å². The van der Waals surface area contributed by atoms with Gasteiger partial charge in [-0.2, -0.15) is 11.8 Å². The zero-order valence-electron chi connectivity index (χ0n) is 12.0. The Morgan fingerprint density at radius 1 is 1.32 bits per heavy atom. The van der Waals surface area contributed by atoms with Crippen LogP contribution in [-0.2, 0) is 9.59 Å². The number of aliphatic carboxylic acids is 1. The minimum Gasteiger partial charge on any atom is -0.480 e. The van der Waals surface area contributed by atoms with E-state index in [1.54, 1.807) is 18.2 Å². The molecule has 2 rings (SSSR count). The first-order valence-corrected chi connectivity index (χ1v) is 8.07. The van der Waals surface area contributed by atoms with Gasteiger partial charge in [-0.25, -0.2) is 4.79 Å². The number of fused-ring (bicyclic) bond motifs is 1. The van der Waals surface area contributed by atoms with Gasteiger partial charge in [0.1, 0.15) is 6.04 Å². The molecule has 7 heteroatoms. The number of hydrogen-bond acceptors (Lipinski definition) is 4. The number of thioether (sulfide) groups is 1. The van der Waals surface area contributed by atoms with E-state index in [2.05, 4.69) is 10.3 Å². The quantitative estimate of drug-likeness (QED) is 0.532. The Morgan fingerprint density at radius 2 is 2.05 bits per heavy atom. The number of Topliss-reactive ketones (excluding diaryl/α,β-unsaturated/α-hetero) is 1. The first-order chi connectivity index (χ1) is 10.5. The lowest BCUT2D eigenvalue weighted by Gasteiger charge is -2.13. The number of carbonyl (C=O) groups excluding carboxylic acids is 2. The van der Waals surface area contributed by atoms with E-state index in [9.17, 15) is 14.4 Å². The normalized spacial score (nSPS) is 12.0. The molecule has 1 aromatic heterocycles. The zero-order valence-corrected chi connectivity index (χ0v) is 12.8. The van der Waals surface area contributed by atoms with Crippen LogP contribution in [0.15, 0.2) is 30.5 Å². The number of aromatic amines is 1. The number of hydrogen-bond donors (Lipinski definition) is 3. The minimum atomic E-state index is -1.14. The van der Waals surface area contributed by atoms with Crippen LogP contribution in [0.4, 0.5) is 0 Å². The number of para-hydroxylation sites is 1. The molecule has 0 unspecified atom stereocenters. The van der Waals surface area contributed by atoms with Crippen LogP contribution < -0.4 is 5.32 Å². The molecule has 1 heterocycles. The highest BCUT2D eigenvalue weighted by atomic mass is 32.2. The molecule has 0 saturated heterocycles. The zero-order chi connectivity index (χ0) is 16.1. The fraction of sp³-hybridized carbons (Fsp3) is 0.267. The maximum atomic E-state index is 12.2. The highest BCUT2D eigenvalue weighted by molar-refractivity contribution is 7.98. The maximum Gasteiger partial charge on any atom is 0.326 e. The monoisotopic (exact) mass is 320 g/mol. The Bertz CT molecular complexity index is 710. The van der Waals surface area contributed by atoms with Crippen LogP contribution in [0.1, 0.15) is 16.8 Å². The van der Waals surface area contributed by atoms with E-state index in [1.165, 1.54) is 18.0 Å². The number of carboxylic acids is 1. The summed E-state index contributed by atoms with van der Waals surface area (Å²) in [5.41, 5.74) is 0.984. The van der Waals surface area contributed by atoms with Crippen molar-refractivity contribution in [3.8, 4) is 0 Å². The first kappa shape index (κ1) is 16.1. The smallest absolute Gasteiger partial charge is 0.326 e. The van der Waals surface area contributed by atoms with E-state index in [0.717, 1.165) is 5.52 Å². The summed E-state index contributed by atoms with van der Waals surface area (Å²) in [6.07, 6.45) is 3.57. The molecular formula is C15H16N2O4S. The molecule has 6 nitrogen and oxygen atoms in total. The molecule has 2 aromatic rings. The molecule has 1 aromatic carbocycles. The SMILES string of the molecule is CSCC[C@H](NC(=O)C(=O)c1c[nH]c2ccccc12)C(=O)O. The second-order valence-corrected chi connectivity index (χ2v) is 5.71. The minimum absolute atomic E-state index is 0.238. The van der Waals surface area contributed by atoms with E-state index in [1.807, 2.05) is 12.3 Å². The van der Waals surface area contributed by atoms with E-state index in [0.29, 0.717) is 11.1 Å². The summed E-state index contributed by atoms with van der Waals surface area (Å²) in [6, 6.07) is 6.05. The van der Waals surface area contributed by atoms with Crippen molar-refractivity contribution in [2.24, 2.45) is 0 Å². The van der Waals surface area contributed by atoms with Crippen molar-refractivity contribution >= 4 is 40.3 Å². The van der Waals surface area contributed by atoms with Crippen molar-refractivity contribution in [2.75, 3.05) is 12.0 Å². The summed E-state index contributed by atoms with van der Waals surface area (Å²) < 4.78 is 0. The summed E-state index contributed by atoms with van der Waals surface area (Å²) in [5, 5.41) is 12.0. The lowest BCUT2D eigenvalue weighted by molar-refractivity contribution is -0.141. The lowest BCUT2D eigenvalue weighted by Crippen LogP contribution is -2.44. The Kier molecular flexibility index (Phi) is 5.21. The average Bonchev–Trinajstić information content (AvgIpc) is 2.94. The molecular weight excluding hydrogens is 304 g/mol. The van der Waals surface area contributed by atoms with Crippen molar-refractivity contribution in [3.05, 3.63) is 36.0 Å². The number of amides is 1. The third kappa shape index (κ3) is 3.48. The summed E-state index contributed by atoms with van der Waals surface area (Å²) >= 11 is 1.48. The average molecular weight is 320 g/mol. The summed E-state index contributed by atoms with van der Waals surface area (Å²) in [4.78, 5) is 38.3. The van der Waals surface area contributed by atoms with E-state index < -0.39 is 23.7 Å². The van der Waals surface area contributed by atoms with Gasteiger partial charge in [-0.1, -0.05) is 18.2 Å². The molecule has 0 aliphatic rings. The van der Waals surface area contributed by atoms with Crippen molar-refractivity contribution in [3.63, 3.8) is 0 Å². The van der Waals surface area contributed by atoms with Crippen molar-refractivity contribution in [1.82, 2.24) is 10.3 Å². The second kappa shape index (κ2) is 7.13. The van der Waals surface area contributed by atoms with Crippen molar-refractivity contribution in [2.45, 2.75) is 12.5 Å². The summed E-state index contributed by atoms with van der Waals surface area (Å²) in [5.74, 6) is -2.21. The Hall–Kier alpha value is -2.28. The van der Waals surface area contributed by atoms with Gasteiger partial charge >= 0.3 is 5.97 Å². The molecule has 0 spiro atoms. The third-order valence-electron chi connectivity index (χ3n) is 3.25. The van der Waals surface area contributed by atoms with E-state index in [-0.39, 0.29) is 12.0 Å². The predicted molar refractivity (Wildman–Crippen MR) is 85.2 cm³/mol. The van der Waals surface area contributed by atoms with Gasteiger partial charge in [-0.05, 0) is 24.5 Å². The number of carbonyl (C=O) groups is 3. The predicted octanol–water partition coefficient (Wildman–Crippen LogP) is 1.67. The summed E-state index contributed by atoms with van der Waals surface area (Å²) in [7, 11) is 0. The van der Waals surface area contributed by atoms with Gasteiger partial charge in [0.15, 0.2) is 0 Å². The van der Waals surface area contributed by atoms with E-state index in [4.69, 9.17) is 5.11 Å². The Balaban J connectivity index is 2.14. The van der Waals surface area contributed by atoms with Crippen LogP contribution in [0.5, 0.6) is 0 Å². The largest absolute Gasteiger partial charge is 0.480 e. The number of rotatable bonds is 7. The first-order valence-electron chi connectivity index (χ1n) is 6.67. The highest BCUT2D eigenvalue weighted by Crippen LogP contribution is 2.18. The number of carboxylic acid groups (broad SMARTS) is 1. The van der Waals surface area contributed by atoms with Gasteiger partial charge in [0.05, 0.1) is 5.56 Å². The van der Waals surface area contributed by atoms with Crippen LogP contribution in [0, 0.1) is 0 Å². The molecule has 0 aliphatic carbocycles. The second-order valence-electron chi connectivity index (χ2n) is 4.72. The van der Waals surface area contributed by atoms with Crippen LogP contribution in [-0.4, -0.2) is 45.8 Å². The lowest BCUT2D eigenvalue weighted by atomic mass is 10.1. The molecule has 1 amide bonds. The molecule has 0 aliphatic heterocycles. The molecule has 3 N–H and O–H groups in total. The molecule has 1 atom stereocenters. The number of nitrogens with one attached hydrogen (secondary N) is 2. The van der Waals surface area contributed by atoms with Gasteiger partial charge in [0.25, 0.3) is 11.7 Å². The topological polar surface area (TPSA) is 99.3 Å². The molecule has 0 saturated carbocycles. The molecule has 0 fully saturated rings. The molecule has 0 bridgehead atoms.